The number of hydrogen-bond donors (Lipinski definition) is 0. The lowest BCUT2D eigenvalue weighted by Crippen LogP contribution is -2.44. The number of allylic oxidation sites excluding steroid dienone is 2. The molecule has 0 amide bonds. The van der Waals surface area contributed by atoms with Crippen molar-refractivity contribution in [2.24, 2.45) is 5.92 Å². The summed E-state index contributed by atoms with van der Waals surface area (Å²) in [6, 6.07) is 4.96. The first-order chi connectivity index (χ1) is 15.0. The van der Waals surface area contributed by atoms with Gasteiger partial charge < -0.3 is 19.1 Å². The fraction of sp³-hybridized carbons (Fsp3) is 0.583. The first kappa shape index (κ1) is 22.2. The molecular weight excluding hydrogens is 414 g/mol. The van der Waals surface area contributed by atoms with Crippen molar-refractivity contribution in [3.05, 3.63) is 42.2 Å². The normalized spacial score (nSPS) is 27.7. The lowest BCUT2D eigenvalue weighted by Gasteiger charge is -2.36. The lowest BCUT2D eigenvalue weighted by atomic mass is 9.92. The van der Waals surface area contributed by atoms with E-state index >= 15 is 0 Å². The number of hydrogen-bond acceptors (Lipinski definition) is 6. The summed E-state index contributed by atoms with van der Waals surface area (Å²) in [6.07, 6.45) is 11.3. The van der Waals surface area contributed by atoms with Crippen molar-refractivity contribution in [1.29, 1.82) is 0 Å². The number of fused-ring (bicyclic) bond motifs is 1. The SMILES string of the molecule is COc1ccc2c(c1)S(=O)(=O)[C@@H](C)[C@H](C1C=CC(OCCCN3CCCCC3)=CC1)O2. The Morgan fingerprint density at radius 3 is 2.71 bits per heavy atom. The van der Waals surface area contributed by atoms with Crippen LogP contribution >= 0.6 is 0 Å². The summed E-state index contributed by atoms with van der Waals surface area (Å²) in [4.78, 5) is 2.73. The van der Waals surface area contributed by atoms with Crippen LogP contribution in [0.15, 0.2) is 47.1 Å². The molecule has 0 bridgehead atoms. The van der Waals surface area contributed by atoms with Gasteiger partial charge >= 0.3 is 0 Å². The van der Waals surface area contributed by atoms with Crippen molar-refractivity contribution in [2.75, 3.05) is 33.4 Å². The fourth-order valence-corrected chi connectivity index (χ4v) is 6.31. The molecule has 1 saturated heterocycles. The quantitative estimate of drug-likeness (QED) is 0.590. The largest absolute Gasteiger partial charge is 0.497 e. The van der Waals surface area contributed by atoms with Crippen molar-refractivity contribution in [3.8, 4) is 11.5 Å². The molecular formula is C24H33NO5S. The number of sulfone groups is 1. The van der Waals surface area contributed by atoms with E-state index in [1.807, 2.05) is 12.2 Å². The molecule has 0 radical (unpaired) electrons. The first-order valence-corrected chi connectivity index (χ1v) is 12.9. The number of nitrogens with zero attached hydrogens (tertiary/aromatic N) is 1. The summed E-state index contributed by atoms with van der Waals surface area (Å²) >= 11 is 0. The van der Waals surface area contributed by atoms with Crippen LogP contribution < -0.4 is 9.47 Å². The van der Waals surface area contributed by atoms with Crippen LogP contribution in [0.5, 0.6) is 11.5 Å². The van der Waals surface area contributed by atoms with Gasteiger partial charge in [-0.05, 0) is 70.0 Å². The second-order valence-corrected chi connectivity index (χ2v) is 10.9. The molecule has 170 valence electrons. The van der Waals surface area contributed by atoms with Gasteiger partial charge in [0.05, 0.1) is 13.7 Å². The van der Waals surface area contributed by atoms with Crippen LogP contribution in [0.25, 0.3) is 0 Å². The minimum absolute atomic E-state index is 0.0132. The molecule has 1 aromatic carbocycles. The van der Waals surface area contributed by atoms with Gasteiger partial charge in [-0.3, -0.25) is 0 Å². The minimum atomic E-state index is -3.49. The number of ether oxygens (including phenoxy) is 3. The maximum Gasteiger partial charge on any atom is 0.188 e. The zero-order valence-corrected chi connectivity index (χ0v) is 19.3. The lowest BCUT2D eigenvalue weighted by molar-refractivity contribution is 0.139. The molecule has 0 saturated carbocycles. The molecule has 31 heavy (non-hydrogen) atoms. The van der Waals surface area contributed by atoms with E-state index in [1.54, 1.807) is 25.1 Å². The van der Waals surface area contributed by atoms with E-state index in [2.05, 4.69) is 11.0 Å². The average Bonchev–Trinajstić information content (AvgIpc) is 2.80. The van der Waals surface area contributed by atoms with Crippen molar-refractivity contribution in [3.63, 3.8) is 0 Å². The van der Waals surface area contributed by atoms with Gasteiger partial charge in [0, 0.05) is 18.5 Å². The van der Waals surface area contributed by atoms with E-state index in [1.165, 1.54) is 39.5 Å². The molecule has 7 heteroatoms. The Hall–Kier alpha value is -1.99. The maximum atomic E-state index is 13.1. The second kappa shape index (κ2) is 9.65. The monoisotopic (exact) mass is 447 g/mol. The van der Waals surface area contributed by atoms with Crippen LogP contribution in [0.1, 0.15) is 39.0 Å². The standard InChI is InChI=1S/C24H33NO5S/c1-18-24(30-22-12-11-21(28-2)17-23(22)31(18,26)27)19-7-9-20(10-8-19)29-16-6-15-25-13-4-3-5-14-25/h7,9-12,17-19,24H,3-6,8,13-16H2,1-2H3/t18-,19?,24+/m0/s1. The summed E-state index contributed by atoms with van der Waals surface area (Å²) in [5.74, 6) is 1.77. The second-order valence-electron chi connectivity index (χ2n) is 8.61. The zero-order valence-electron chi connectivity index (χ0n) is 18.5. The number of methoxy groups -OCH3 is 1. The third kappa shape index (κ3) is 4.93. The van der Waals surface area contributed by atoms with E-state index in [0.717, 1.165) is 18.7 Å². The predicted octanol–water partition coefficient (Wildman–Crippen LogP) is 3.97. The van der Waals surface area contributed by atoms with Gasteiger partial charge in [-0.2, -0.15) is 0 Å². The Balaban J connectivity index is 1.33. The number of piperidine rings is 1. The van der Waals surface area contributed by atoms with Crippen LogP contribution in [0, 0.1) is 5.92 Å². The van der Waals surface area contributed by atoms with Gasteiger partial charge in [-0.25, -0.2) is 8.42 Å². The van der Waals surface area contributed by atoms with Gasteiger partial charge in [0.25, 0.3) is 0 Å². The smallest absolute Gasteiger partial charge is 0.188 e. The van der Waals surface area contributed by atoms with Crippen molar-refractivity contribution in [2.45, 2.75) is 55.3 Å². The molecule has 3 atom stereocenters. The Morgan fingerprint density at radius 1 is 1.19 bits per heavy atom. The fourth-order valence-electron chi connectivity index (χ4n) is 4.62. The molecule has 0 spiro atoms. The van der Waals surface area contributed by atoms with E-state index < -0.39 is 21.2 Å². The number of likely N-dealkylation sites (tertiary alicyclic amines) is 1. The van der Waals surface area contributed by atoms with Gasteiger partial charge in [-0.15, -0.1) is 0 Å². The third-order valence-corrected chi connectivity index (χ3v) is 8.71. The van der Waals surface area contributed by atoms with Crippen LogP contribution in [0.2, 0.25) is 0 Å². The van der Waals surface area contributed by atoms with E-state index in [4.69, 9.17) is 14.2 Å². The Morgan fingerprint density at radius 2 is 2.00 bits per heavy atom. The predicted molar refractivity (Wildman–Crippen MR) is 120 cm³/mol. The molecule has 0 N–H and O–H groups in total. The molecule has 1 aromatic rings. The molecule has 2 heterocycles. The molecule has 1 aliphatic carbocycles. The highest BCUT2D eigenvalue weighted by Crippen LogP contribution is 2.40. The van der Waals surface area contributed by atoms with E-state index in [9.17, 15) is 8.42 Å². The van der Waals surface area contributed by atoms with Crippen molar-refractivity contribution in [1.82, 2.24) is 4.90 Å². The van der Waals surface area contributed by atoms with Crippen molar-refractivity contribution >= 4 is 9.84 Å². The van der Waals surface area contributed by atoms with Gasteiger partial charge in [0.1, 0.15) is 33.5 Å². The van der Waals surface area contributed by atoms with E-state index in [0.29, 0.717) is 24.5 Å². The third-order valence-electron chi connectivity index (χ3n) is 6.53. The highest BCUT2D eigenvalue weighted by atomic mass is 32.2. The first-order valence-electron chi connectivity index (χ1n) is 11.3. The van der Waals surface area contributed by atoms with Gasteiger partial charge in [0.2, 0.25) is 0 Å². The summed E-state index contributed by atoms with van der Waals surface area (Å²) < 4.78 is 43.5. The van der Waals surface area contributed by atoms with Gasteiger partial charge in [0.15, 0.2) is 9.84 Å². The Labute approximate surface area is 185 Å². The average molecular weight is 448 g/mol. The van der Waals surface area contributed by atoms with Crippen molar-refractivity contribution < 1.29 is 22.6 Å². The van der Waals surface area contributed by atoms with Crippen LogP contribution in [0.4, 0.5) is 0 Å². The van der Waals surface area contributed by atoms with Crippen LogP contribution in [-0.4, -0.2) is 58.0 Å². The summed E-state index contributed by atoms with van der Waals surface area (Å²) in [5.41, 5.74) is 0. The summed E-state index contributed by atoms with van der Waals surface area (Å²) in [7, 11) is -1.96. The molecule has 2 aliphatic heterocycles. The number of rotatable bonds is 7. The molecule has 6 nitrogen and oxygen atoms in total. The van der Waals surface area contributed by atoms with E-state index in [-0.39, 0.29) is 10.8 Å². The maximum absolute atomic E-state index is 13.1. The highest BCUT2D eigenvalue weighted by molar-refractivity contribution is 7.92. The van der Waals surface area contributed by atoms with Gasteiger partial charge in [-0.1, -0.05) is 12.5 Å². The highest BCUT2D eigenvalue weighted by Gasteiger charge is 2.43. The zero-order chi connectivity index (χ0) is 21.8. The number of benzene rings is 1. The topological polar surface area (TPSA) is 65.1 Å². The Bertz CT molecular complexity index is 933. The summed E-state index contributed by atoms with van der Waals surface area (Å²) in [6.45, 7) is 5.95. The van der Waals surface area contributed by atoms with Crippen LogP contribution in [0.3, 0.4) is 0 Å². The Kier molecular flexibility index (Phi) is 6.92. The molecule has 3 aliphatic rings. The molecule has 4 rings (SSSR count). The minimum Gasteiger partial charge on any atom is -0.497 e. The molecule has 1 unspecified atom stereocenters. The van der Waals surface area contributed by atoms with Crippen LogP contribution in [-0.2, 0) is 14.6 Å². The summed E-state index contributed by atoms with van der Waals surface area (Å²) in [5, 5.41) is -0.637. The molecule has 1 fully saturated rings. The molecule has 0 aromatic heterocycles.